The second-order valence-corrected chi connectivity index (χ2v) is 7.80. The number of rotatable bonds is 4. The molecule has 4 rings (SSSR count). The molecule has 0 fully saturated rings. The van der Waals surface area contributed by atoms with E-state index in [-0.39, 0.29) is 51.0 Å². The van der Waals surface area contributed by atoms with Crippen LogP contribution in [-0.2, 0) is 39.0 Å². The molecule has 31 heavy (non-hydrogen) atoms. The van der Waals surface area contributed by atoms with E-state index >= 15 is 0 Å². The van der Waals surface area contributed by atoms with Gasteiger partial charge in [-0.3, -0.25) is 12.2 Å². The summed E-state index contributed by atoms with van der Waals surface area (Å²) < 4.78 is 0. The van der Waals surface area contributed by atoms with Crippen molar-refractivity contribution in [3.63, 3.8) is 0 Å². The van der Waals surface area contributed by atoms with Crippen LogP contribution in [0.4, 0.5) is 0 Å². The average Bonchev–Trinajstić information content (AvgIpc) is 3.21. The largest absolute Gasteiger partial charge is 2.00 e. The number of allylic oxidation sites excluding steroid dienone is 8. The minimum Gasteiger partial charge on any atom is -0.269 e. The summed E-state index contributed by atoms with van der Waals surface area (Å²) in [5.41, 5.74) is 11.3. The molecule has 0 aliphatic heterocycles. The maximum Gasteiger partial charge on any atom is 2.00 e. The van der Waals surface area contributed by atoms with Gasteiger partial charge in [0.25, 0.3) is 0 Å². The van der Waals surface area contributed by atoms with Gasteiger partial charge in [0, 0.05) is 0 Å². The smallest absolute Gasteiger partial charge is 0.269 e. The Labute approximate surface area is 220 Å². The SMILES string of the molecule is CC1=C(C)C(Cc2ccccc2)=[C-]C1.CC1=C(C)C(Cc2ccccc2)=[C-]C1.Cl.Cl.[Zr+2]. The maximum atomic E-state index is 3.45. The molecule has 0 amide bonds. The molecule has 2 aromatic rings. The molecule has 0 bridgehead atoms. The van der Waals surface area contributed by atoms with Crippen molar-refractivity contribution in [1.29, 1.82) is 0 Å². The molecule has 0 radical (unpaired) electrons. The molecular weight excluding hydrogens is 498 g/mol. The molecule has 2 aliphatic carbocycles. The van der Waals surface area contributed by atoms with E-state index < -0.39 is 0 Å². The van der Waals surface area contributed by atoms with E-state index in [1.807, 2.05) is 0 Å². The zero-order valence-electron chi connectivity index (χ0n) is 18.9. The van der Waals surface area contributed by atoms with E-state index in [4.69, 9.17) is 0 Å². The third-order valence-corrected chi connectivity index (χ3v) is 5.77. The van der Waals surface area contributed by atoms with Crippen LogP contribution < -0.4 is 0 Å². The van der Waals surface area contributed by atoms with E-state index in [9.17, 15) is 0 Å². The van der Waals surface area contributed by atoms with Gasteiger partial charge in [-0.2, -0.15) is 22.3 Å². The first-order valence-electron chi connectivity index (χ1n) is 10.1. The van der Waals surface area contributed by atoms with Gasteiger partial charge in [-0.05, 0) is 24.0 Å². The molecule has 2 aromatic carbocycles. The van der Waals surface area contributed by atoms with Gasteiger partial charge in [-0.25, -0.2) is 11.1 Å². The van der Waals surface area contributed by atoms with Crippen molar-refractivity contribution >= 4 is 24.8 Å². The van der Waals surface area contributed by atoms with Crippen LogP contribution in [-0.4, -0.2) is 0 Å². The fourth-order valence-corrected chi connectivity index (χ4v) is 3.51. The third-order valence-electron chi connectivity index (χ3n) is 5.77. The van der Waals surface area contributed by atoms with Gasteiger partial charge in [-0.15, -0.1) is 51.5 Å². The second-order valence-electron chi connectivity index (χ2n) is 7.80. The summed E-state index contributed by atoms with van der Waals surface area (Å²) in [7, 11) is 0. The quantitative estimate of drug-likeness (QED) is 0.349. The second kappa shape index (κ2) is 14.8. The molecule has 0 unspecified atom stereocenters. The molecule has 0 saturated heterocycles. The Morgan fingerprint density at radius 2 is 0.903 bits per heavy atom. The number of benzene rings is 2. The van der Waals surface area contributed by atoms with Crippen LogP contribution in [0.25, 0.3) is 0 Å². The maximum absolute atomic E-state index is 3.45. The Morgan fingerprint density at radius 1 is 0.581 bits per heavy atom. The van der Waals surface area contributed by atoms with Gasteiger partial charge < -0.3 is 0 Å². The number of hydrogen-bond donors (Lipinski definition) is 0. The summed E-state index contributed by atoms with van der Waals surface area (Å²) in [5.74, 6) is 0. The standard InChI is InChI=1S/2C14H15.2ClH.Zr/c2*1-11-8-9-14(12(11)2)10-13-6-4-3-5-7-13;;;/h2*3-7H,8,10H2,1-2H3;2*1H;/q2*-1;;;+2. The Kier molecular flexibility index (Phi) is 14.3. The molecule has 0 saturated carbocycles. The van der Waals surface area contributed by atoms with Gasteiger partial charge in [-0.1, -0.05) is 74.5 Å². The topological polar surface area (TPSA) is 0 Å². The molecule has 3 heteroatoms. The van der Waals surface area contributed by atoms with Crippen LogP contribution in [0.3, 0.4) is 0 Å². The van der Waals surface area contributed by atoms with Crippen LogP contribution in [0.2, 0.25) is 0 Å². The summed E-state index contributed by atoms with van der Waals surface area (Å²) >= 11 is 0. The van der Waals surface area contributed by atoms with Crippen molar-refractivity contribution in [3.8, 4) is 0 Å². The molecule has 0 nitrogen and oxygen atoms in total. The molecule has 162 valence electrons. The molecule has 0 atom stereocenters. The fourth-order valence-electron chi connectivity index (χ4n) is 3.51. The van der Waals surface area contributed by atoms with Crippen LogP contribution in [0.1, 0.15) is 51.7 Å². The molecule has 0 aromatic heterocycles. The van der Waals surface area contributed by atoms with E-state index in [2.05, 4.69) is 101 Å². The summed E-state index contributed by atoms with van der Waals surface area (Å²) in [6, 6.07) is 21.2. The molecule has 0 spiro atoms. The van der Waals surface area contributed by atoms with Gasteiger partial charge in [0.1, 0.15) is 0 Å². The Bertz CT molecular complexity index is 856. The molecule has 2 aliphatic rings. The van der Waals surface area contributed by atoms with Gasteiger partial charge >= 0.3 is 26.2 Å². The fraction of sp³-hybridized carbons (Fsp3) is 0.286. The predicted octanol–water partition coefficient (Wildman–Crippen LogP) is 8.24. The minimum atomic E-state index is 0. The average molecular weight is 531 g/mol. The molecular formula is C28H32Cl2Zr. The number of halogens is 2. The van der Waals surface area contributed by atoms with Crippen molar-refractivity contribution in [2.75, 3.05) is 0 Å². The first-order chi connectivity index (χ1) is 13.5. The third kappa shape index (κ3) is 8.72. The van der Waals surface area contributed by atoms with Crippen molar-refractivity contribution in [3.05, 3.63) is 117 Å². The van der Waals surface area contributed by atoms with Crippen molar-refractivity contribution in [2.45, 2.75) is 53.4 Å². The Morgan fingerprint density at radius 3 is 1.16 bits per heavy atom. The zero-order valence-corrected chi connectivity index (χ0v) is 23.0. The van der Waals surface area contributed by atoms with Crippen LogP contribution in [0, 0.1) is 12.2 Å². The summed E-state index contributed by atoms with van der Waals surface area (Å²) in [6.45, 7) is 8.79. The zero-order chi connectivity index (χ0) is 19.9. The Hall–Kier alpha value is -1.14. The summed E-state index contributed by atoms with van der Waals surface area (Å²) in [6.07, 6.45) is 11.0. The molecule has 0 N–H and O–H groups in total. The Balaban J connectivity index is 0.000000529. The first-order valence-corrected chi connectivity index (χ1v) is 10.1. The predicted molar refractivity (Wildman–Crippen MR) is 134 cm³/mol. The summed E-state index contributed by atoms with van der Waals surface area (Å²) in [5, 5.41) is 0. The van der Waals surface area contributed by atoms with E-state index in [0.717, 1.165) is 25.7 Å². The first kappa shape index (κ1) is 29.9. The van der Waals surface area contributed by atoms with Gasteiger partial charge in [0.2, 0.25) is 0 Å². The van der Waals surface area contributed by atoms with Crippen LogP contribution >= 0.6 is 24.8 Å². The monoisotopic (exact) mass is 528 g/mol. The van der Waals surface area contributed by atoms with Crippen molar-refractivity contribution < 1.29 is 26.2 Å². The minimum absolute atomic E-state index is 0. The van der Waals surface area contributed by atoms with E-state index in [1.165, 1.54) is 44.6 Å². The van der Waals surface area contributed by atoms with Crippen molar-refractivity contribution in [2.24, 2.45) is 0 Å². The van der Waals surface area contributed by atoms with Crippen LogP contribution in [0.15, 0.2) is 94.1 Å². The molecule has 0 heterocycles. The van der Waals surface area contributed by atoms with Crippen molar-refractivity contribution in [1.82, 2.24) is 0 Å². The number of hydrogen-bond acceptors (Lipinski definition) is 0. The van der Waals surface area contributed by atoms with E-state index in [0.29, 0.717) is 0 Å². The normalized spacial score (nSPS) is 14.5. The van der Waals surface area contributed by atoms with Crippen LogP contribution in [0.5, 0.6) is 0 Å². The van der Waals surface area contributed by atoms with E-state index in [1.54, 1.807) is 0 Å². The summed E-state index contributed by atoms with van der Waals surface area (Å²) in [4.78, 5) is 0. The van der Waals surface area contributed by atoms with Gasteiger partial charge in [0.15, 0.2) is 0 Å². The van der Waals surface area contributed by atoms with Gasteiger partial charge in [0.05, 0.1) is 0 Å².